The van der Waals surface area contributed by atoms with Crippen molar-refractivity contribution in [3.63, 3.8) is 0 Å². The van der Waals surface area contributed by atoms with Gasteiger partial charge < -0.3 is 0 Å². The molecule has 178 valence electrons. The van der Waals surface area contributed by atoms with E-state index < -0.39 is 60.3 Å². The number of carbonyl (C=O) groups is 2. The van der Waals surface area contributed by atoms with Crippen LogP contribution in [-0.4, -0.2) is 60.3 Å². The Bertz CT molecular complexity index is 593. The minimum atomic E-state index is -7.04. The summed E-state index contributed by atoms with van der Waals surface area (Å²) in [5.41, 5.74) is 0. The molecule has 2 atom stereocenters. The molecule has 0 bridgehead atoms. The Morgan fingerprint density at radius 2 is 0.700 bits per heavy atom. The number of carbonyl (C=O) groups excluding carboxylic acids is 2. The molecule has 0 aromatic rings. The Morgan fingerprint density at radius 3 is 0.867 bits per heavy atom. The van der Waals surface area contributed by atoms with E-state index in [1.807, 2.05) is 0 Å². The lowest BCUT2D eigenvalue weighted by molar-refractivity contribution is -0.339. The third-order valence-electron chi connectivity index (χ3n) is 2.75. The molecule has 0 saturated carbocycles. The van der Waals surface area contributed by atoms with Crippen LogP contribution in [0, 0.1) is 0 Å². The maximum atomic E-state index is 12.9. The van der Waals surface area contributed by atoms with Crippen LogP contribution in [0.25, 0.3) is 0 Å². The molecule has 0 aliphatic rings. The lowest BCUT2D eigenvalue weighted by Crippen LogP contribution is -2.59. The first-order chi connectivity index (χ1) is 12.9. The second-order valence-corrected chi connectivity index (χ2v) is 4.94. The maximum absolute atomic E-state index is 12.9. The van der Waals surface area contributed by atoms with Crippen LogP contribution in [0.1, 0.15) is 0 Å². The van der Waals surface area contributed by atoms with Gasteiger partial charge in [-0.1, -0.05) is 0 Å². The van der Waals surface area contributed by atoms with Crippen LogP contribution in [0.5, 0.6) is 0 Å². The maximum Gasteiger partial charge on any atom is 0.431 e. The van der Waals surface area contributed by atoms with Crippen LogP contribution < -0.4 is 0 Å². The summed E-state index contributed by atoms with van der Waals surface area (Å²) in [4.78, 5) is 25.5. The summed E-state index contributed by atoms with van der Waals surface area (Å²) in [7, 11) is 0. The molecular weight excluding hydrogens is 488 g/mol. The molecule has 0 N–H and O–H groups in total. The zero-order chi connectivity index (χ0) is 24.7. The van der Waals surface area contributed by atoms with Crippen LogP contribution >= 0.6 is 0 Å². The van der Waals surface area contributed by atoms with Gasteiger partial charge in [-0.3, -0.25) is 0 Å². The molecule has 30 heavy (non-hydrogen) atoms. The number of alkyl halides is 16. The molecule has 0 aliphatic heterocycles. The van der Waals surface area contributed by atoms with Crippen LogP contribution in [-0.2, 0) is 19.4 Å². The second kappa shape index (κ2) is 7.82. The molecule has 0 saturated heterocycles. The number of hydrogen-bond donors (Lipinski definition) is 0. The van der Waals surface area contributed by atoms with Crippen molar-refractivity contribution in [2.24, 2.45) is 0 Å². The Morgan fingerprint density at radius 1 is 0.500 bits per heavy atom. The SMILES string of the molecule is O=C(OOC(=O)C(F)(F)C(F)(F)C(F)C(F)(F)F)C(F)(F)C(F)(F)C(F)C(F)(F)F. The first-order valence-electron chi connectivity index (χ1n) is 6.22. The van der Waals surface area contributed by atoms with Gasteiger partial charge in [0.05, 0.1) is 0 Å². The van der Waals surface area contributed by atoms with E-state index in [0.717, 1.165) is 0 Å². The average Bonchev–Trinajstić information content (AvgIpc) is 2.55. The molecule has 0 rings (SSSR count). The first kappa shape index (κ1) is 27.8. The van der Waals surface area contributed by atoms with Crippen molar-refractivity contribution in [1.29, 1.82) is 0 Å². The predicted octanol–water partition coefficient (Wildman–Crippen LogP) is 4.33. The minimum absolute atomic E-state index is 2.20. The molecule has 0 heterocycles. The van der Waals surface area contributed by atoms with E-state index in [9.17, 15) is 79.8 Å². The van der Waals surface area contributed by atoms with E-state index in [1.165, 1.54) is 0 Å². The zero-order valence-corrected chi connectivity index (χ0v) is 12.8. The third kappa shape index (κ3) is 4.93. The highest BCUT2D eigenvalue weighted by atomic mass is 19.4. The fourth-order valence-electron chi connectivity index (χ4n) is 1.18. The lowest BCUT2D eigenvalue weighted by Gasteiger charge is -2.29. The summed E-state index contributed by atoms with van der Waals surface area (Å²) in [6, 6.07) is 0. The molecule has 4 nitrogen and oxygen atoms in total. The smallest absolute Gasteiger partial charge is 0.240 e. The van der Waals surface area contributed by atoms with Crippen LogP contribution in [0.15, 0.2) is 0 Å². The summed E-state index contributed by atoms with van der Waals surface area (Å²) >= 11 is 0. The van der Waals surface area contributed by atoms with Crippen molar-refractivity contribution in [2.45, 2.75) is 48.4 Å². The monoisotopic (exact) mass is 490 g/mol. The van der Waals surface area contributed by atoms with E-state index in [0.29, 0.717) is 0 Å². The fourth-order valence-corrected chi connectivity index (χ4v) is 1.18. The molecule has 0 aromatic heterocycles. The largest absolute Gasteiger partial charge is 0.431 e. The van der Waals surface area contributed by atoms with Gasteiger partial charge in [-0.2, -0.15) is 61.5 Å². The molecule has 0 aliphatic carbocycles. The van der Waals surface area contributed by atoms with Gasteiger partial charge in [-0.15, -0.1) is 0 Å². The van der Waals surface area contributed by atoms with E-state index >= 15 is 0 Å². The summed E-state index contributed by atoms with van der Waals surface area (Å²) in [5.74, 6) is -36.5. The summed E-state index contributed by atoms with van der Waals surface area (Å²) in [6.45, 7) is 0. The molecule has 0 fully saturated rings. The van der Waals surface area contributed by atoms with Crippen LogP contribution in [0.3, 0.4) is 0 Å². The summed E-state index contributed by atoms with van der Waals surface area (Å²) in [5, 5.41) is 0. The lowest BCUT2D eigenvalue weighted by atomic mass is 10.1. The molecule has 20 heteroatoms. The van der Waals surface area contributed by atoms with Crippen molar-refractivity contribution in [2.75, 3.05) is 0 Å². The van der Waals surface area contributed by atoms with Gasteiger partial charge in [-0.25, -0.2) is 28.1 Å². The van der Waals surface area contributed by atoms with Crippen molar-refractivity contribution in [3.05, 3.63) is 0 Å². The quantitative estimate of drug-likeness (QED) is 0.316. The molecule has 0 amide bonds. The van der Waals surface area contributed by atoms with Crippen LogP contribution in [0.2, 0.25) is 0 Å². The highest BCUT2D eigenvalue weighted by Gasteiger charge is 2.76. The Labute approximate surface area is 151 Å². The van der Waals surface area contributed by atoms with Crippen molar-refractivity contribution in [3.8, 4) is 0 Å². The van der Waals surface area contributed by atoms with Gasteiger partial charge in [0.25, 0.3) is 12.3 Å². The van der Waals surface area contributed by atoms with Gasteiger partial charge >= 0.3 is 48.0 Å². The number of rotatable bonds is 6. The standard InChI is InChI=1S/C10H2F16O4/c11-1(9(21,22)23)5(13,14)7(17,18)3(27)29-30-4(28)8(19,20)6(15,16)2(12)10(24,25)26/h1-2H. The molecule has 2 unspecified atom stereocenters. The van der Waals surface area contributed by atoms with E-state index in [4.69, 9.17) is 0 Å². The second-order valence-electron chi connectivity index (χ2n) is 4.94. The Balaban J connectivity index is 5.54. The van der Waals surface area contributed by atoms with Gasteiger partial charge in [0, 0.05) is 0 Å². The van der Waals surface area contributed by atoms with Gasteiger partial charge in [-0.05, 0) is 0 Å². The molecule has 0 radical (unpaired) electrons. The normalized spacial score (nSPS) is 16.7. The minimum Gasteiger partial charge on any atom is -0.240 e. The van der Waals surface area contributed by atoms with E-state index in [-0.39, 0.29) is 0 Å². The molecular formula is C10H2F16O4. The number of hydrogen-bond acceptors (Lipinski definition) is 4. The topological polar surface area (TPSA) is 52.6 Å². The Kier molecular flexibility index (Phi) is 7.25. The molecule has 0 spiro atoms. The number of halogens is 16. The van der Waals surface area contributed by atoms with E-state index in [2.05, 4.69) is 9.78 Å². The highest BCUT2D eigenvalue weighted by molar-refractivity contribution is 5.82. The average molecular weight is 490 g/mol. The highest BCUT2D eigenvalue weighted by Crippen LogP contribution is 2.46. The van der Waals surface area contributed by atoms with Gasteiger partial charge in [0.1, 0.15) is 0 Å². The summed E-state index contributed by atoms with van der Waals surface area (Å²) in [6.07, 6.45) is -25.1. The van der Waals surface area contributed by atoms with Gasteiger partial charge in [0.2, 0.25) is 0 Å². The van der Waals surface area contributed by atoms with E-state index in [1.54, 1.807) is 0 Å². The Hall–Kier alpha value is -2.18. The molecule has 0 aromatic carbocycles. The third-order valence-corrected chi connectivity index (χ3v) is 2.75. The van der Waals surface area contributed by atoms with Crippen LogP contribution in [0.4, 0.5) is 70.2 Å². The van der Waals surface area contributed by atoms with Crippen molar-refractivity contribution >= 4 is 11.9 Å². The summed E-state index contributed by atoms with van der Waals surface area (Å²) < 4.78 is 199. The van der Waals surface area contributed by atoms with Crippen molar-refractivity contribution < 1.29 is 89.6 Å². The predicted molar refractivity (Wildman–Crippen MR) is 53.9 cm³/mol. The zero-order valence-electron chi connectivity index (χ0n) is 12.8. The van der Waals surface area contributed by atoms with Gasteiger partial charge in [0.15, 0.2) is 0 Å². The van der Waals surface area contributed by atoms with Crippen molar-refractivity contribution in [1.82, 2.24) is 0 Å². The first-order valence-corrected chi connectivity index (χ1v) is 6.22. The fraction of sp³-hybridized carbons (Fsp3) is 0.800.